The van der Waals surface area contributed by atoms with Crippen LogP contribution in [0.1, 0.15) is 25.7 Å². The second kappa shape index (κ2) is 6.31. The van der Waals surface area contributed by atoms with Gasteiger partial charge in [-0.05, 0) is 18.8 Å². The van der Waals surface area contributed by atoms with E-state index in [1.54, 1.807) is 11.0 Å². The molecular weight excluding hydrogens is 248 g/mol. The van der Waals surface area contributed by atoms with Gasteiger partial charge in [0.2, 0.25) is 5.91 Å². The fourth-order valence-electron chi connectivity index (χ4n) is 2.35. The van der Waals surface area contributed by atoms with Crippen molar-refractivity contribution in [2.75, 3.05) is 13.1 Å². The van der Waals surface area contributed by atoms with Gasteiger partial charge in [-0.25, -0.2) is 4.98 Å². The van der Waals surface area contributed by atoms with E-state index < -0.39 is 5.97 Å². The number of carbonyl (C=O) groups is 2. The Bertz CT molecular complexity index is 424. The second-order valence-electron chi connectivity index (χ2n) is 4.83. The zero-order chi connectivity index (χ0) is 13.7. The third-order valence-corrected chi connectivity index (χ3v) is 3.45. The fraction of sp³-hybridized carbons (Fsp3) is 0.667. The highest BCUT2D eigenvalue weighted by Crippen LogP contribution is 2.20. The molecule has 2 rings (SSSR count). The molecule has 1 saturated heterocycles. The summed E-state index contributed by atoms with van der Waals surface area (Å²) in [5.74, 6) is -0.447. The molecule has 1 amide bonds. The Hall–Kier alpha value is -1.92. The molecule has 0 aliphatic carbocycles. The SMILES string of the molecule is O=C(O)CC1CCN(C(=O)CCn2cncn2)CC1. The predicted molar refractivity (Wildman–Crippen MR) is 66.2 cm³/mol. The van der Waals surface area contributed by atoms with Crippen LogP contribution in [-0.4, -0.2) is 49.7 Å². The Morgan fingerprint density at radius 2 is 2.05 bits per heavy atom. The smallest absolute Gasteiger partial charge is 0.303 e. The van der Waals surface area contributed by atoms with Crippen molar-refractivity contribution in [2.24, 2.45) is 5.92 Å². The summed E-state index contributed by atoms with van der Waals surface area (Å²) >= 11 is 0. The molecule has 0 radical (unpaired) electrons. The van der Waals surface area contributed by atoms with Crippen molar-refractivity contribution >= 4 is 11.9 Å². The number of carboxylic acids is 1. The average molecular weight is 266 g/mol. The molecule has 0 unspecified atom stereocenters. The number of carbonyl (C=O) groups excluding carboxylic acids is 1. The van der Waals surface area contributed by atoms with E-state index in [-0.39, 0.29) is 18.2 Å². The number of aromatic nitrogens is 3. The third-order valence-electron chi connectivity index (χ3n) is 3.45. The highest BCUT2D eigenvalue weighted by Gasteiger charge is 2.23. The van der Waals surface area contributed by atoms with E-state index in [9.17, 15) is 9.59 Å². The summed E-state index contributed by atoms with van der Waals surface area (Å²) in [7, 11) is 0. The van der Waals surface area contributed by atoms with Crippen LogP contribution in [0.3, 0.4) is 0 Å². The van der Waals surface area contributed by atoms with Crippen molar-refractivity contribution < 1.29 is 14.7 Å². The molecule has 1 N–H and O–H groups in total. The number of nitrogens with zero attached hydrogens (tertiary/aromatic N) is 4. The molecule has 0 aromatic carbocycles. The number of amides is 1. The quantitative estimate of drug-likeness (QED) is 0.832. The lowest BCUT2D eigenvalue weighted by Crippen LogP contribution is -2.39. The lowest BCUT2D eigenvalue weighted by atomic mass is 9.93. The third kappa shape index (κ3) is 4.04. The highest BCUT2D eigenvalue weighted by molar-refractivity contribution is 5.76. The zero-order valence-corrected chi connectivity index (χ0v) is 10.7. The van der Waals surface area contributed by atoms with Crippen LogP contribution in [0.15, 0.2) is 12.7 Å². The van der Waals surface area contributed by atoms with Crippen LogP contribution in [0.2, 0.25) is 0 Å². The highest BCUT2D eigenvalue weighted by atomic mass is 16.4. The van der Waals surface area contributed by atoms with Crippen molar-refractivity contribution in [3.63, 3.8) is 0 Å². The fourth-order valence-corrected chi connectivity index (χ4v) is 2.35. The van der Waals surface area contributed by atoms with Crippen LogP contribution in [0.4, 0.5) is 0 Å². The molecule has 7 nitrogen and oxygen atoms in total. The maximum absolute atomic E-state index is 12.0. The largest absolute Gasteiger partial charge is 0.481 e. The summed E-state index contributed by atoms with van der Waals surface area (Å²) in [4.78, 5) is 28.2. The van der Waals surface area contributed by atoms with Crippen molar-refractivity contribution in [3.05, 3.63) is 12.7 Å². The van der Waals surface area contributed by atoms with Crippen LogP contribution in [0.25, 0.3) is 0 Å². The number of aliphatic carboxylic acids is 1. The van der Waals surface area contributed by atoms with E-state index in [4.69, 9.17) is 5.11 Å². The minimum atomic E-state index is -0.754. The summed E-state index contributed by atoms with van der Waals surface area (Å²) in [5.41, 5.74) is 0. The molecule has 1 aromatic rings. The molecule has 1 fully saturated rings. The van der Waals surface area contributed by atoms with Crippen molar-refractivity contribution in [2.45, 2.75) is 32.2 Å². The number of hydrogen-bond acceptors (Lipinski definition) is 4. The van der Waals surface area contributed by atoms with E-state index in [2.05, 4.69) is 10.1 Å². The summed E-state index contributed by atoms with van der Waals surface area (Å²) in [6, 6.07) is 0. The number of hydrogen-bond donors (Lipinski definition) is 1. The molecule has 2 heterocycles. The van der Waals surface area contributed by atoms with Crippen LogP contribution >= 0.6 is 0 Å². The number of carboxylic acid groups (broad SMARTS) is 1. The number of piperidine rings is 1. The molecule has 1 aliphatic rings. The van der Waals surface area contributed by atoms with Gasteiger partial charge in [0.25, 0.3) is 0 Å². The lowest BCUT2D eigenvalue weighted by molar-refractivity contribution is -0.138. The number of rotatable bonds is 5. The van der Waals surface area contributed by atoms with Crippen molar-refractivity contribution in [1.82, 2.24) is 19.7 Å². The van der Waals surface area contributed by atoms with Gasteiger partial charge in [0, 0.05) is 25.9 Å². The van der Waals surface area contributed by atoms with Crippen LogP contribution in [0.5, 0.6) is 0 Å². The first-order chi connectivity index (χ1) is 9.15. The molecule has 0 spiro atoms. The van der Waals surface area contributed by atoms with Gasteiger partial charge in [0.15, 0.2) is 0 Å². The standard InChI is InChI=1S/C12H18N4O3/c17-11(3-6-16-9-13-8-14-16)15-4-1-10(2-5-15)7-12(18)19/h8-10H,1-7H2,(H,18,19). The minimum Gasteiger partial charge on any atom is -0.481 e. The normalized spacial score (nSPS) is 16.5. The molecule has 104 valence electrons. The molecule has 0 bridgehead atoms. The number of aryl methyl sites for hydroxylation is 1. The van der Waals surface area contributed by atoms with Crippen LogP contribution in [-0.2, 0) is 16.1 Å². The Kier molecular flexibility index (Phi) is 4.48. The van der Waals surface area contributed by atoms with E-state index in [0.29, 0.717) is 26.1 Å². The summed E-state index contributed by atoms with van der Waals surface area (Å²) < 4.78 is 1.63. The average Bonchev–Trinajstić information content (AvgIpc) is 2.89. The van der Waals surface area contributed by atoms with E-state index in [0.717, 1.165) is 12.8 Å². The molecule has 0 saturated carbocycles. The Morgan fingerprint density at radius 3 is 2.63 bits per heavy atom. The Balaban J connectivity index is 1.71. The van der Waals surface area contributed by atoms with E-state index >= 15 is 0 Å². The van der Waals surface area contributed by atoms with E-state index in [1.807, 2.05) is 4.90 Å². The molecule has 19 heavy (non-hydrogen) atoms. The lowest BCUT2D eigenvalue weighted by Gasteiger charge is -2.31. The van der Waals surface area contributed by atoms with Crippen molar-refractivity contribution in [3.8, 4) is 0 Å². The molecule has 1 aromatic heterocycles. The van der Waals surface area contributed by atoms with Gasteiger partial charge in [0.1, 0.15) is 12.7 Å². The number of likely N-dealkylation sites (tertiary alicyclic amines) is 1. The summed E-state index contributed by atoms with van der Waals surface area (Å²) in [6.07, 6.45) is 5.21. The van der Waals surface area contributed by atoms with Crippen LogP contribution < -0.4 is 0 Å². The van der Waals surface area contributed by atoms with Gasteiger partial charge in [-0.1, -0.05) is 0 Å². The monoisotopic (exact) mass is 266 g/mol. The zero-order valence-electron chi connectivity index (χ0n) is 10.7. The first-order valence-corrected chi connectivity index (χ1v) is 6.47. The maximum Gasteiger partial charge on any atom is 0.303 e. The van der Waals surface area contributed by atoms with E-state index in [1.165, 1.54) is 6.33 Å². The van der Waals surface area contributed by atoms with Gasteiger partial charge >= 0.3 is 5.97 Å². The minimum absolute atomic E-state index is 0.101. The van der Waals surface area contributed by atoms with Crippen molar-refractivity contribution in [1.29, 1.82) is 0 Å². The van der Waals surface area contributed by atoms with Gasteiger partial charge < -0.3 is 10.0 Å². The summed E-state index contributed by atoms with van der Waals surface area (Å²) in [6.45, 7) is 1.86. The van der Waals surface area contributed by atoms with Gasteiger partial charge in [-0.15, -0.1) is 0 Å². The topological polar surface area (TPSA) is 88.3 Å². The van der Waals surface area contributed by atoms with Crippen LogP contribution in [0, 0.1) is 5.92 Å². The molecule has 7 heteroatoms. The van der Waals surface area contributed by atoms with Gasteiger partial charge in [-0.2, -0.15) is 5.10 Å². The molecule has 0 atom stereocenters. The molecular formula is C12H18N4O3. The van der Waals surface area contributed by atoms with Gasteiger partial charge in [0.05, 0.1) is 6.54 Å². The first-order valence-electron chi connectivity index (χ1n) is 6.47. The maximum atomic E-state index is 12.0. The second-order valence-corrected chi connectivity index (χ2v) is 4.83. The Morgan fingerprint density at radius 1 is 1.32 bits per heavy atom. The first kappa shape index (κ1) is 13.5. The summed E-state index contributed by atoms with van der Waals surface area (Å²) in [5, 5.41) is 12.7. The predicted octanol–water partition coefficient (Wildman–Crippen LogP) is 0.381. The molecule has 1 aliphatic heterocycles. The Labute approximate surface area is 111 Å². The van der Waals surface area contributed by atoms with Gasteiger partial charge in [-0.3, -0.25) is 14.3 Å².